The van der Waals surface area contributed by atoms with E-state index in [9.17, 15) is 0 Å². The molecule has 0 nitrogen and oxygen atoms in total. The molecule has 0 spiro atoms. The zero-order chi connectivity index (χ0) is 68.5. The summed E-state index contributed by atoms with van der Waals surface area (Å²) in [6.07, 6.45) is 0. The molecule has 0 aliphatic carbocycles. The molecule has 0 aromatic heterocycles. The van der Waals surface area contributed by atoms with Gasteiger partial charge in [-0.25, -0.2) is 0 Å². The van der Waals surface area contributed by atoms with Crippen molar-refractivity contribution in [3.8, 4) is 44.5 Å². The maximum absolute atomic E-state index is 2.52. The summed E-state index contributed by atoms with van der Waals surface area (Å²) in [5.41, 5.74) is 10.1. The Bertz CT molecular complexity index is 4480. The Hall–Kier alpha value is -8.86. The van der Waals surface area contributed by atoms with Crippen molar-refractivity contribution < 1.29 is 34.1 Å². The molecule has 0 amide bonds. The summed E-state index contributed by atoms with van der Waals surface area (Å²) in [7, 11) is -5.69. The van der Waals surface area contributed by atoms with Gasteiger partial charge in [0, 0.05) is 34.1 Å². The van der Waals surface area contributed by atoms with Gasteiger partial charge in [0.05, 0.1) is 17.2 Å². The first kappa shape index (κ1) is 73.5. The minimum atomic E-state index is -1.31. The van der Waals surface area contributed by atoms with Crippen molar-refractivity contribution >= 4 is 134 Å². The molecule has 0 saturated heterocycles. The molecule has 2 radical (unpaired) electrons. The van der Waals surface area contributed by atoms with E-state index < -0.39 is 31.7 Å². The zero-order valence-electron chi connectivity index (χ0n) is 57.3. The Morgan fingerprint density at radius 1 is 0.135 bits per heavy atom. The largest absolute Gasteiger partial charge is 0.144 e. The first-order chi connectivity index (χ1) is 50.6. The van der Waals surface area contributed by atoms with Gasteiger partial charge in [-0.05, 0) is 190 Å². The maximum atomic E-state index is 2.52. The van der Waals surface area contributed by atoms with E-state index >= 15 is 0 Å². The number of hydrogen-bond donors (Lipinski definition) is 0. The molecule has 0 bridgehead atoms. The van der Waals surface area contributed by atoms with Crippen LogP contribution in [0.4, 0.5) is 0 Å². The van der Waals surface area contributed by atoms with Crippen LogP contribution in [0.1, 0.15) is 0 Å². The summed E-state index contributed by atoms with van der Waals surface area (Å²) < 4.78 is 0. The molecule has 0 aliphatic rings. The maximum Gasteiger partial charge on any atom is 0.144 e. The second-order valence-corrected chi connectivity index (χ2v) is 38.2. The summed E-state index contributed by atoms with van der Waals surface area (Å²) in [5.74, 6) is 0. The van der Waals surface area contributed by atoms with Gasteiger partial charge in [0.15, 0.2) is 0 Å². The summed E-state index contributed by atoms with van der Waals surface area (Å²) in [5, 5.41) is 23.2. The molecule has 0 saturated carbocycles. The van der Waals surface area contributed by atoms with E-state index in [1.54, 1.807) is 0 Å². The molecule has 0 fully saturated rings. The van der Waals surface area contributed by atoms with E-state index in [2.05, 4.69) is 437 Å². The molecule has 0 aliphatic heterocycles. The standard InChI is InChI=1S/2C48H37P3.2Cu/c2*1-7-19-37(20-8-1)39-31-33-45(47(35-39)50(41-23-11-3-12-24-41)42-25-13-4-14-26-42)49-46-34-32-40(38-21-9-2-10-22-38)36-48(46)51(43-27-15-5-16-28-43)44-29-17-6-18-30-44;;/h2*1-36,49H;;/p+6. The van der Waals surface area contributed by atoms with E-state index in [0.29, 0.717) is 0 Å². The first-order valence-electron chi connectivity index (χ1n) is 35.0. The van der Waals surface area contributed by atoms with Crippen LogP contribution >= 0.6 is 48.8 Å². The predicted molar refractivity (Wildman–Crippen MR) is 466 cm³/mol. The van der Waals surface area contributed by atoms with Crippen molar-refractivity contribution in [2.45, 2.75) is 0 Å². The predicted octanol–water partition coefficient (Wildman–Crippen LogP) is 16.7. The summed E-state index contributed by atoms with van der Waals surface area (Å²) in [6, 6.07) is 162. The fourth-order valence-electron chi connectivity index (χ4n) is 13.9. The molecule has 16 aromatic carbocycles. The third-order valence-electron chi connectivity index (χ3n) is 18.8. The van der Waals surface area contributed by atoms with Crippen LogP contribution in [0.25, 0.3) is 44.5 Å². The van der Waals surface area contributed by atoms with E-state index in [1.807, 2.05) is 0 Å². The monoisotopic (exact) mass is 1540 g/mol. The first-order valence-corrected chi connectivity index (χ1v) is 43.3. The average molecular weight is 1550 g/mol. The molecule has 16 rings (SSSR count). The second-order valence-electron chi connectivity index (χ2n) is 25.4. The summed E-state index contributed by atoms with van der Waals surface area (Å²) in [6.45, 7) is 0. The second kappa shape index (κ2) is 36.7. The molecule has 510 valence electrons. The van der Waals surface area contributed by atoms with Crippen molar-refractivity contribution in [2.75, 3.05) is 0 Å². The Morgan fingerprint density at radius 3 is 0.413 bits per heavy atom. The van der Waals surface area contributed by atoms with Crippen LogP contribution in [0.3, 0.4) is 0 Å². The van der Waals surface area contributed by atoms with Gasteiger partial charge >= 0.3 is 0 Å². The van der Waals surface area contributed by atoms with Crippen LogP contribution < -0.4 is 84.9 Å². The van der Waals surface area contributed by atoms with Gasteiger partial charge in [-0.2, -0.15) is 0 Å². The average Bonchev–Trinajstić information content (AvgIpc) is 0.781. The molecule has 16 aromatic rings. The minimum absolute atomic E-state index is 0. The Kier molecular flexibility index (Phi) is 25.9. The molecule has 0 atom stereocenters. The fraction of sp³-hybridized carbons (Fsp3) is 0. The van der Waals surface area contributed by atoms with Gasteiger partial charge in [0.1, 0.15) is 117 Å². The third kappa shape index (κ3) is 17.7. The molecular weight excluding hydrogens is 1470 g/mol. The van der Waals surface area contributed by atoms with Crippen LogP contribution in [-0.2, 0) is 34.1 Å². The van der Waals surface area contributed by atoms with Crippen LogP contribution in [0.5, 0.6) is 0 Å². The Morgan fingerprint density at radius 2 is 0.269 bits per heavy atom. The minimum Gasteiger partial charge on any atom is -0.0622 e. The van der Waals surface area contributed by atoms with Gasteiger partial charge in [-0.15, -0.1) is 0 Å². The fourth-order valence-corrected chi connectivity index (χ4v) is 29.6. The van der Waals surface area contributed by atoms with Gasteiger partial charge in [-0.3, -0.25) is 0 Å². The topological polar surface area (TPSA) is 0 Å². The van der Waals surface area contributed by atoms with Gasteiger partial charge in [0.2, 0.25) is 0 Å². The van der Waals surface area contributed by atoms with Crippen molar-refractivity contribution in [1.29, 1.82) is 0 Å². The van der Waals surface area contributed by atoms with Crippen LogP contribution in [-0.4, -0.2) is 0 Å². The van der Waals surface area contributed by atoms with E-state index in [0.717, 1.165) is 0 Å². The van der Waals surface area contributed by atoms with E-state index in [-0.39, 0.29) is 51.3 Å². The molecule has 0 heterocycles. The normalized spacial score (nSPS) is 11.0. The van der Waals surface area contributed by atoms with Crippen molar-refractivity contribution in [2.24, 2.45) is 0 Å². The van der Waals surface area contributed by atoms with Gasteiger partial charge < -0.3 is 0 Å². The van der Waals surface area contributed by atoms with Crippen molar-refractivity contribution in [1.82, 2.24) is 0 Å². The third-order valence-corrected chi connectivity index (χ3v) is 34.4. The van der Waals surface area contributed by atoms with Crippen LogP contribution in [0.2, 0.25) is 0 Å². The Balaban J connectivity index is 0.000000181. The molecular formula is C96H80Cu2P6+6. The van der Waals surface area contributed by atoms with E-state index in [4.69, 9.17) is 0 Å². The number of rotatable bonds is 20. The van der Waals surface area contributed by atoms with Crippen LogP contribution in [0, 0.1) is 0 Å². The van der Waals surface area contributed by atoms with Crippen LogP contribution in [0.15, 0.2) is 437 Å². The summed E-state index contributed by atoms with van der Waals surface area (Å²) in [4.78, 5) is 0. The molecule has 0 N–H and O–H groups in total. The van der Waals surface area contributed by atoms with Gasteiger partial charge in [0.25, 0.3) is 0 Å². The molecule has 8 heteroatoms. The van der Waals surface area contributed by atoms with Crippen molar-refractivity contribution in [3.05, 3.63) is 437 Å². The smallest absolute Gasteiger partial charge is 0.0622 e. The Labute approximate surface area is 643 Å². The number of benzene rings is 16. The SMILES string of the molecule is [Cu].[Cu].c1ccc(-c2ccc([PH2+]c3ccc(-c4ccccc4)cc3[PH+](c3ccccc3)c3ccccc3)c([PH+](c3ccccc3)c3ccccc3)c2)cc1.c1ccc(-c2ccc([PH2+]c3ccc(-c4ccccc4)cc3[PH+](c3ccccc3)c3ccccc3)c([PH+](c3ccccc3)c3ccccc3)c2)cc1. The number of hydrogen-bond acceptors (Lipinski definition) is 0. The van der Waals surface area contributed by atoms with Gasteiger partial charge in [-0.1, -0.05) is 291 Å². The molecule has 0 unspecified atom stereocenters. The van der Waals surface area contributed by atoms with Crippen molar-refractivity contribution in [3.63, 3.8) is 0 Å². The zero-order valence-corrected chi connectivity index (χ0v) is 65.5. The summed E-state index contributed by atoms with van der Waals surface area (Å²) >= 11 is 0. The quantitative estimate of drug-likeness (QED) is 0.0527. The molecule has 104 heavy (non-hydrogen) atoms. The van der Waals surface area contributed by atoms with E-state index in [1.165, 1.54) is 129 Å².